The zero-order valence-corrected chi connectivity index (χ0v) is 22.4. The Labute approximate surface area is 227 Å². The van der Waals surface area contributed by atoms with E-state index in [0.717, 1.165) is 69.5 Å². The monoisotopic (exact) mass is 548 g/mol. The molecule has 4 rings (SSSR count). The zero-order valence-electron chi connectivity index (χ0n) is 20.8. The maximum absolute atomic E-state index is 12.2. The summed E-state index contributed by atoms with van der Waals surface area (Å²) in [5, 5.41) is 16.3. The van der Waals surface area contributed by atoms with E-state index in [1.807, 2.05) is 0 Å². The number of benzene rings is 1. The van der Waals surface area contributed by atoms with Crippen LogP contribution in [0.25, 0.3) is 0 Å². The summed E-state index contributed by atoms with van der Waals surface area (Å²) >= 11 is 11.9. The van der Waals surface area contributed by atoms with Crippen LogP contribution >= 0.6 is 23.2 Å². The Hall–Kier alpha value is -2.55. The number of hydrogen-bond donors (Lipinski definition) is 3. The van der Waals surface area contributed by atoms with E-state index in [1.165, 1.54) is 5.56 Å². The van der Waals surface area contributed by atoms with E-state index < -0.39 is 18.1 Å². The van der Waals surface area contributed by atoms with E-state index in [2.05, 4.69) is 27.7 Å². The molecule has 1 aliphatic heterocycles. The predicted octanol–water partition coefficient (Wildman–Crippen LogP) is 5.30. The molecule has 1 fully saturated rings. The molecular formula is C27H34Cl2N4O4. The highest BCUT2D eigenvalue weighted by atomic mass is 35.5. The van der Waals surface area contributed by atoms with Gasteiger partial charge in [0.2, 0.25) is 0 Å². The number of ether oxygens (including phenoxy) is 1. The smallest absolute Gasteiger partial charge is 0.408 e. The van der Waals surface area contributed by atoms with E-state index in [0.29, 0.717) is 34.6 Å². The van der Waals surface area contributed by atoms with Crippen molar-refractivity contribution in [1.29, 1.82) is 0 Å². The minimum absolute atomic E-state index is 0.0294. The standard InChI is InChI=1S/C27H34Cl2N4O4/c28-22-11-6-18(16-23(22)29)17-37-27(36)32-24(26(34)35)12-15-33(21-9-10-21)14-2-1-5-20-8-7-19-4-3-13-30-25(19)31-20/h6-8,11,16,21,24H,1-5,9-10,12-15,17H2,(H,30,31)(H,32,36)(H,34,35)/t24-/m0/s1. The number of nitrogens with one attached hydrogen (secondary N) is 2. The Bertz CT molecular complexity index is 1100. The summed E-state index contributed by atoms with van der Waals surface area (Å²) in [6.45, 7) is 2.47. The fraction of sp³-hybridized carbons (Fsp3) is 0.519. The molecule has 1 aromatic heterocycles. The number of aryl methyl sites for hydroxylation is 2. The highest BCUT2D eigenvalue weighted by Crippen LogP contribution is 2.28. The number of carbonyl (C=O) groups is 2. The van der Waals surface area contributed by atoms with Gasteiger partial charge in [-0.15, -0.1) is 0 Å². The lowest BCUT2D eigenvalue weighted by Gasteiger charge is -2.24. The Morgan fingerprint density at radius 1 is 1.16 bits per heavy atom. The summed E-state index contributed by atoms with van der Waals surface area (Å²) in [4.78, 5) is 31.1. The number of anilines is 1. The van der Waals surface area contributed by atoms with Crippen LogP contribution in [0.1, 0.15) is 55.3 Å². The minimum atomic E-state index is -1.07. The molecule has 0 unspecified atom stereocenters. The number of carboxylic acids is 1. The van der Waals surface area contributed by atoms with Crippen molar-refractivity contribution in [2.24, 2.45) is 0 Å². The van der Waals surface area contributed by atoms with Gasteiger partial charge >= 0.3 is 12.1 Å². The van der Waals surface area contributed by atoms with Crippen LogP contribution in [0.4, 0.5) is 10.6 Å². The van der Waals surface area contributed by atoms with E-state index in [4.69, 9.17) is 32.9 Å². The summed E-state index contributed by atoms with van der Waals surface area (Å²) in [7, 11) is 0. The first kappa shape index (κ1) is 27.5. The lowest BCUT2D eigenvalue weighted by atomic mass is 10.1. The van der Waals surface area contributed by atoms with Gasteiger partial charge in [0.25, 0.3) is 0 Å². The molecule has 2 aliphatic rings. The summed E-state index contributed by atoms with van der Waals surface area (Å²) in [5.41, 5.74) is 3.08. The molecule has 1 aliphatic carbocycles. The summed E-state index contributed by atoms with van der Waals surface area (Å²) < 4.78 is 5.19. The number of aromatic nitrogens is 1. The number of fused-ring (bicyclic) bond motifs is 1. The molecule has 0 spiro atoms. The van der Waals surface area contributed by atoms with E-state index in [9.17, 15) is 14.7 Å². The molecule has 10 heteroatoms. The van der Waals surface area contributed by atoms with Gasteiger partial charge in [0.15, 0.2) is 0 Å². The van der Waals surface area contributed by atoms with Gasteiger partial charge < -0.3 is 25.4 Å². The predicted molar refractivity (Wildman–Crippen MR) is 144 cm³/mol. The average Bonchev–Trinajstić information content (AvgIpc) is 3.73. The second-order valence-corrected chi connectivity index (χ2v) is 10.5. The molecule has 1 aromatic carbocycles. The number of carbonyl (C=O) groups excluding carboxylic acids is 1. The van der Waals surface area contributed by atoms with Gasteiger partial charge in [0, 0.05) is 24.8 Å². The lowest BCUT2D eigenvalue weighted by Crippen LogP contribution is -2.43. The Morgan fingerprint density at radius 3 is 2.76 bits per heavy atom. The quantitative estimate of drug-likeness (QED) is 0.291. The van der Waals surface area contributed by atoms with Gasteiger partial charge in [0.1, 0.15) is 18.5 Å². The lowest BCUT2D eigenvalue weighted by molar-refractivity contribution is -0.139. The number of rotatable bonds is 13. The first-order chi connectivity index (χ1) is 17.9. The van der Waals surface area contributed by atoms with Crippen LogP contribution < -0.4 is 10.6 Å². The van der Waals surface area contributed by atoms with Crippen LogP contribution in [-0.4, -0.2) is 58.8 Å². The van der Waals surface area contributed by atoms with Crippen LogP contribution in [0.2, 0.25) is 10.0 Å². The number of alkyl carbamates (subject to hydrolysis) is 1. The Morgan fingerprint density at radius 2 is 2.00 bits per heavy atom. The summed E-state index contributed by atoms with van der Waals surface area (Å²) in [6, 6.07) is 8.73. The Kier molecular flexibility index (Phi) is 9.88. The van der Waals surface area contributed by atoms with Crippen molar-refractivity contribution in [3.8, 4) is 0 Å². The van der Waals surface area contributed by atoms with Crippen molar-refractivity contribution in [2.45, 2.75) is 70.1 Å². The summed E-state index contributed by atoms with van der Waals surface area (Å²) in [5.74, 6) is -0.0413. The molecule has 2 aromatic rings. The minimum Gasteiger partial charge on any atom is -0.480 e. The molecule has 3 N–H and O–H groups in total. The summed E-state index contributed by atoms with van der Waals surface area (Å²) in [6.07, 6.45) is 7.02. The van der Waals surface area contributed by atoms with E-state index in [-0.39, 0.29) is 6.61 Å². The molecular weight excluding hydrogens is 515 g/mol. The fourth-order valence-electron chi connectivity index (χ4n) is 4.56. The van der Waals surface area contributed by atoms with Gasteiger partial charge in [-0.1, -0.05) is 35.3 Å². The third-order valence-corrected chi connectivity index (χ3v) is 7.53. The number of halogens is 2. The normalized spacial score (nSPS) is 15.5. The van der Waals surface area contributed by atoms with Gasteiger partial charge in [-0.2, -0.15) is 0 Å². The van der Waals surface area contributed by atoms with Crippen LogP contribution in [-0.2, 0) is 29.0 Å². The highest BCUT2D eigenvalue weighted by molar-refractivity contribution is 6.42. The fourth-order valence-corrected chi connectivity index (χ4v) is 4.88. The van der Waals surface area contributed by atoms with Crippen LogP contribution in [0, 0.1) is 0 Å². The number of unbranched alkanes of at least 4 members (excludes halogenated alkanes) is 1. The highest BCUT2D eigenvalue weighted by Gasteiger charge is 2.30. The molecule has 200 valence electrons. The first-order valence-electron chi connectivity index (χ1n) is 13.0. The van der Waals surface area contributed by atoms with Crippen LogP contribution in [0.3, 0.4) is 0 Å². The third kappa shape index (κ3) is 8.48. The molecule has 1 amide bonds. The first-order valence-corrected chi connectivity index (χ1v) is 13.7. The number of hydrogen-bond acceptors (Lipinski definition) is 6. The second kappa shape index (κ2) is 13.3. The van der Waals surface area contributed by atoms with Crippen molar-refractivity contribution < 1.29 is 19.4 Å². The number of nitrogens with zero attached hydrogens (tertiary/aromatic N) is 2. The van der Waals surface area contributed by atoms with Gasteiger partial charge in [-0.3, -0.25) is 0 Å². The van der Waals surface area contributed by atoms with Crippen molar-refractivity contribution in [1.82, 2.24) is 15.2 Å². The average molecular weight is 549 g/mol. The largest absolute Gasteiger partial charge is 0.480 e. The maximum atomic E-state index is 12.2. The third-order valence-electron chi connectivity index (χ3n) is 6.79. The molecule has 1 saturated carbocycles. The van der Waals surface area contributed by atoms with Crippen LogP contribution in [0.5, 0.6) is 0 Å². The van der Waals surface area contributed by atoms with Crippen molar-refractivity contribution in [3.05, 3.63) is 57.2 Å². The zero-order chi connectivity index (χ0) is 26.2. The molecule has 8 nitrogen and oxygen atoms in total. The molecule has 37 heavy (non-hydrogen) atoms. The van der Waals surface area contributed by atoms with Crippen molar-refractivity contribution >= 4 is 41.1 Å². The van der Waals surface area contributed by atoms with E-state index in [1.54, 1.807) is 18.2 Å². The van der Waals surface area contributed by atoms with E-state index >= 15 is 0 Å². The maximum Gasteiger partial charge on any atom is 0.408 e. The topological polar surface area (TPSA) is 104 Å². The molecule has 2 heterocycles. The molecule has 0 radical (unpaired) electrons. The van der Waals surface area contributed by atoms with Crippen molar-refractivity contribution in [2.75, 3.05) is 25.0 Å². The second-order valence-electron chi connectivity index (χ2n) is 9.71. The molecule has 0 saturated heterocycles. The van der Waals surface area contributed by atoms with Gasteiger partial charge in [-0.25, -0.2) is 14.6 Å². The van der Waals surface area contributed by atoms with Crippen molar-refractivity contribution in [3.63, 3.8) is 0 Å². The Balaban J connectivity index is 1.19. The van der Waals surface area contributed by atoms with Crippen LogP contribution in [0.15, 0.2) is 30.3 Å². The SMILES string of the molecule is O=C(N[C@@H](CCN(CCCCc1ccc2c(n1)NCCC2)C1CC1)C(=O)O)OCc1ccc(Cl)c(Cl)c1. The van der Waals surface area contributed by atoms with Gasteiger partial charge in [-0.05, 0) is 87.2 Å². The molecule has 0 bridgehead atoms. The number of aliphatic carboxylic acids is 1. The number of carboxylic acid groups (broad SMARTS) is 1. The molecule has 1 atom stereocenters. The number of pyridine rings is 1. The van der Waals surface area contributed by atoms with Gasteiger partial charge in [0.05, 0.1) is 10.0 Å². The number of amides is 1.